The maximum absolute atomic E-state index is 11.0. The molecule has 0 saturated carbocycles. The van der Waals surface area contributed by atoms with Gasteiger partial charge in [0.25, 0.3) is 0 Å². The Balaban J connectivity index is 1.50. The number of methoxy groups -OCH3 is 1. The SMILES string of the molecule is COc1ccc(-c2cnc(-c3cc[n+](Cc4cccc(C(=O)[O-])c4)cc3)o2)cc1. The first kappa shape index (κ1) is 18.4. The minimum absolute atomic E-state index is 0.172. The van der Waals surface area contributed by atoms with Gasteiger partial charge in [-0.15, -0.1) is 0 Å². The quantitative estimate of drug-likeness (QED) is 0.476. The molecule has 0 aliphatic rings. The maximum Gasteiger partial charge on any atom is 0.227 e. The molecule has 4 rings (SSSR count). The van der Waals surface area contributed by atoms with Crippen molar-refractivity contribution in [2.75, 3.05) is 7.11 Å². The van der Waals surface area contributed by atoms with Gasteiger partial charge in [-0.1, -0.05) is 18.2 Å². The summed E-state index contributed by atoms with van der Waals surface area (Å²) in [5.41, 5.74) is 2.82. The molecule has 6 heteroatoms. The van der Waals surface area contributed by atoms with Gasteiger partial charge >= 0.3 is 0 Å². The highest BCUT2D eigenvalue weighted by atomic mass is 16.5. The van der Waals surface area contributed by atoms with Gasteiger partial charge in [-0.2, -0.15) is 0 Å². The van der Waals surface area contributed by atoms with Crippen LogP contribution in [0.1, 0.15) is 15.9 Å². The summed E-state index contributed by atoms with van der Waals surface area (Å²) in [6, 6.07) is 18.1. The Bertz CT molecular complexity index is 1130. The van der Waals surface area contributed by atoms with E-state index in [2.05, 4.69) is 4.98 Å². The number of hydrogen-bond donors (Lipinski definition) is 0. The topological polar surface area (TPSA) is 79.3 Å². The molecule has 0 aliphatic heterocycles. The number of nitrogens with zero attached hydrogens (tertiary/aromatic N) is 2. The van der Waals surface area contributed by atoms with Gasteiger partial charge in [-0.05, 0) is 35.9 Å². The van der Waals surface area contributed by atoms with E-state index in [0.717, 1.165) is 22.4 Å². The number of carbonyl (C=O) groups excluding carboxylic acids is 1. The number of rotatable bonds is 6. The van der Waals surface area contributed by atoms with Gasteiger partial charge in [-0.3, -0.25) is 0 Å². The molecule has 0 fully saturated rings. The molecule has 0 amide bonds. The van der Waals surface area contributed by atoms with Gasteiger partial charge in [0.05, 0.1) is 19.3 Å². The largest absolute Gasteiger partial charge is 0.545 e. The van der Waals surface area contributed by atoms with Crippen LogP contribution in [0.4, 0.5) is 0 Å². The van der Waals surface area contributed by atoms with E-state index in [0.29, 0.717) is 18.2 Å². The highest BCUT2D eigenvalue weighted by Crippen LogP contribution is 2.26. The summed E-state index contributed by atoms with van der Waals surface area (Å²) in [7, 11) is 1.63. The number of carbonyl (C=O) groups is 1. The third-order valence-electron chi connectivity index (χ3n) is 4.55. The van der Waals surface area contributed by atoms with E-state index < -0.39 is 5.97 Å². The third kappa shape index (κ3) is 4.16. The zero-order valence-electron chi connectivity index (χ0n) is 15.7. The van der Waals surface area contributed by atoms with Gasteiger partial charge in [0.15, 0.2) is 24.7 Å². The van der Waals surface area contributed by atoms with Crippen molar-refractivity contribution in [1.82, 2.24) is 4.98 Å². The molecule has 4 aromatic rings. The first-order chi connectivity index (χ1) is 14.1. The summed E-state index contributed by atoms with van der Waals surface area (Å²) < 4.78 is 13.0. The third-order valence-corrected chi connectivity index (χ3v) is 4.55. The molecule has 29 heavy (non-hydrogen) atoms. The summed E-state index contributed by atoms with van der Waals surface area (Å²) in [5, 5.41) is 11.0. The number of oxazole rings is 1. The molecule has 2 aromatic heterocycles. The van der Waals surface area contributed by atoms with Crippen molar-refractivity contribution in [3.05, 3.63) is 90.4 Å². The zero-order chi connectivity index (χ0) is 20.2. The van der Waals surface area contributed by atoms with E-state index in [1.165, 1.54) is 6.07 Å². The Kier molecular flexibility index (Phi) is 5.07. The van der Waals surface area contributed by atoms with Crippen LogP contribution in [0.3, 0.4) is 0 Å². The summed E-state index contributed by atoms with van der Waals surface area (Å²) in [6.45, 7) is 0.546. The Morgan fingerprint density at radius 3 is 2.52 bits per heavy atom. The summed E-state index contributed by atoms with van der Waals surface area (Å²) >= 11 is 0. The Morgan fingerprint density at radius 2 is 1.83 bits per heavy atom. The molecule has 144 valence electrons. The highest BCUT2D eigenvalue weighted by Gasteiger charge is 2.11. The molecule has 6 nitrogen and oxygen atoms in total. The molecule has 2 heterocycles. The van der Waals surface area contributed by atoms with Crippen molar-refractivity contribution in [3.8, 4) is 28.5 Å². The normalized spacial score (nSPS) is 10.7. The van der Waals surface area contributed by atoms with E-state index in [1.54, 1.807) is 25.4 Å². The average Bonchev–Trinajstić information content (AvgIpc) is 3.25. The van der Waals surface area contributed by atoms with Crippen LogP contribution in [0, 0.1) is 0 Å². The number of ether oxygens (including phenoxy) is 1. The van der Waals surface area contributed by atoms with Crippen molar-refractivity contribution in [2.24, 2.45) is 0 Å². The molecule has 0 N–H and O–H groups in total. The first-order valence-electron chi connectivity index (χ1n) is 9.02. The maximum atomic E-state index is 11.0. The van der Waals surface area contributed by atoms with Crippen LogP contribution in [0.25, 0.3) is 22.8 Å². The Morgan fingerprint density at radius 1 is 1.07 bits per heavy atom. The second kappa shape index (κ2) is 7.98. The molecule has 0 spiro atoms. The number of carboxylic acids is 1. The van der Waals surface area contributed by atoms with Crippen LogP contribution < -0.4 is 14.4 Å². The van der Waals surface area contributed by atoms with Crippen LogP contribution in [0.5, 0.6) is 5.75 Å². The van der Waals surface area contributed by atoms with Crippen LogP contribution in [0.15, 0.2) is 83.7 Å². The fourth-order valence-electron chi connectivity index (χ4n) is 3.01. The summed E-state index contributed by atoms with van der Waals surface area (Å²) in [6.07, 6.45) is 5.50. The lowest BCUT2D eigenvalue weighted by Crippen LogP contribution is -2.33. The predicted molar refractivity (Wildman–Crippen MR) is 104 cm³/mol. The van der Waals surface area contributed by atoms with Crippen molar-refractivity contribution in [1.29, 1.82) is 0 Å². The van der Waals surface area contributed by atoms with Gasteiger partial charge in [0.1, 0.15) is 5.75 Å². The van der Waals surface area contributed by atoms with Crippen LogP contribution >= 0.6 is 0 Å². The first-order valence-corrected chi connectivity index (χ1v) is 9.02. The zero-order valence-corrected chi connectivity index (χ0v) is 15.7. The number of hydrogen-bond acceptors (Lipinski definition) is 5. The van der Waals surface area contributed by atoms with Crippen LogP contribution in [0.2, 0.25) is 0 Å². The predicted octanol–water partition coefficient (Wildman–Crippen LogP) is 2.72. The number of pyridine rings is 1. The van der Waals surface area contributed by atoms with E-state index in [4.69, 9.17) is 9.15 Å². The van der Waals surface area contributed by atoms with Crippen molar-refractivity contribution in [3.63, 3.8) is 0 Å². The minimum Gasteiger partial charge on any atom is -0.545 e. The minimum atomic E-state index is -1.18. The van der Waals surface area contributed by atoms with Gasteiger partial charge in [-0.25, -0.2) is 9.55 Å². The van der Waals surface area contributed by atoms with E-state index in [9.17, 15) is 9.90 Å². The van der Waals surface area contributed by atoms with Crippen molar-refractivity contribution < 1.29 is 23.6 Å². The summed E-state index contributed by atoms with van der Waals surface area (Å²) in [5.74, 6) is 0.815. The van der Waals surface area contributed by atoms with Gasteiger partial charge < -0.3 is 19.1 Å². The van der Waals surface area contributed by atoms with E-state index >= 15 is 0 Å². The summed E-state index contributed by atoms with van der Waals surface area (Å²) in [4.78, 5) is 15.4. The van der Waals surface area contributed by atoms with Crippen LogP contribution in [-0.2, 0) is 6.54 Å². The molecular formula is C23H18N2O4. The fourth-order valence-corrected chi connectivity index (χ4v) is 3.01. The molecular weight excluding hydrogens is 368 g/mol. The Labute approximate surface area is 167 Å². The molecule has 2 aromatic carbocycles. The number of aromatic carboxylic acids is 1. The second-order valence-electron chi connectivity index (χ2n) is 6.51. The molecule has 0 saturated heterocycles. The van der Waals surface area contributed by atoms with Crippen molar-refractivity contribution in [2.45, 2.75) is 6.54 Å². The van der Waals surface area contributed by atoms with Crippen LogP contribution in [-0.4, -0.2) is 18.1 Å². The smallest absolute Gasteiger partial charge is 0.227 e. The number of carboxylic acid groups (broad SMARTS) is 1. The standard InChI is InChI=1S/C23H18N2O4/c1-28-20-7-5-17(6-8-20)21-14-24-22(29-21)18-9-11-25(12-10-18)15-16-3-2-4-19(13-16)23(26)27/h2-14H,15H2,1H3. The fraction of sp³-hybridized carbons (Fsp3) is 0.0870. The van der Waals surface area contributed by atoms with E-state index in [-0.39, 0.29) is 5.56 Å². The second-order valence-corrected chi connectivity index (χ2v) is 6.51. The molecule has 0 bridgehead atoms. The lowest BCUT2D eigenvalue weighted by atomic mass is 10.1. The van der Waals surface area contributed by atoms with Gasteiger partial charge in [0, 0.05) is 28.8 Å². The number of benzene rings is 2. The van der Waals surface area contributed by atoms with Gasteiger partial charge in [0.2, 0.25) is 5.89 Å². The number of aromatic nitrogens is 2. The highest BCUT2D eigenvalue weighted by molar-refractivity contribution is 5.85. The molecule has 0 aliphatic carbocycles. The van der Waals surface area contributed by atoms with Crippen molar-refractivity contribution >= 4 is 5.97 Å². The molecule has 0 radical (unpaired) electrons. The molecule has 0 unspecified atom stereocenters. The Hall–Kier alpha value is -3.93. The average molecular weight is 386 g/mol. The monoisotopic (exact) mass is 386 g/mol. The lowest BCUT2D eigenvalue weighted by molar-refractivity contribution is -0.688. The molecule has 0 atom stereocenters. The van der Waals surface area contributed by atoms with E-state index in [1.807, 2.05) is 59.4 Å². The lowest BCUT2D eigenvalue weighted by Gasteiger charge is -2.04.